The van der Waals surface area contributed by atoms with Crippen LogP contribution in [0.15, 0.2) is 72.8 Å². The molecule has 6 aromatic carbocycles. The largest absolute Gasteiger partial charge is 0.380 e. The monoisotopic (exact) mass is 644 g/mol. The van der Waals surface area contributed by atoms with E-state index in [1.165, 1.54) is 12.1 Å². The highest BCUT2D eigenvalue weighted by Crippen LogP contribution is 2.44. The van der Waals surface area contributed by atoms with Gasteiger partial charge in [-0.05, 0) is 33.7 Å². The molecule has 0 atom stereocenters. The Morgan fingerprint density at radius 1 is 0.348 bits per heavy atom. The van der Waals surface area contributed by atoms with Crippen molar-refractivity contribution in [3.8, 4) is 11.1 Å². The van der Waals surface area contributed by atoms with Crippen LogP contribution in [0.5, 0.6) is 0 Å². The van der Waals surface area contributed by atoms with Gasteiger partial charge in [-0.3, -0.25) is 0 Å². The number of anilines is 2. The van der Waals surface area contributed by atoms with Crippen LogP contribution < -0.4 is 10.6 Å². The van der Waals surface area contributed by atoms with Crippen LogP contribution in [-0.4, -0.2) is 0 Å². The minimum absolute atomic E-state index is 0.165. The Hall–Kier alpha value is -5.26. The number of benzene rings is 6. The van der Waals surface area contributed by atoms with Crippen molar-refractivity contribution in [1.82, 2.24) is 0 Å². The minimum atomic E-state index is -2.30. The Morgan fingerprint density at radius 2 is 0.652 bits per heavy atom. The van der Waals surface area contributed by atoms with E-state index in [-0.39, 0.29) is 11.4 Å². The zero-order valence-corrected chi connectivity index (χ0v) is 23.1. The highest BCUT2D eigenvalue weighted by molar-refractivity contribution is 6.13. The highest BCUT2D eigenvalue weighted by Gasteiger charge is 2.27. The average molecular weight is 645 g/mol. The van der Waals surface area contributed by atoms with Crippen LogP contribution in [0.1, 0.15) is 11.1 Å². The van der Waals surface area contributed by atoms with Crippen LogP contribution in [0.4, 0.5) is 55.3 Å². The molecule has 0 spiro atoms. The molecular formula is C34H18F10N2. The second kappa shape index (κ2) is 11.9. The van der Waals surface area contributed by atoms with Gasteiger partial charge in [-0.1, -0.05) is 60.7 Å². The van der Waals surface area contributed by atoms with Gasteiger partial charge in [-0.2, -0.15) is 0 Å². The quantitative estimate of drug-likeness (QED) is 0.103. The smallest absolute Gasteiger partial charge is 0.200 e. The van der Waals surface area contributed by atoms with Crippen LogP contribution in [0.25, 0.3) is 32.7 Å². The fourth-order valence-corrected chi connectivity index (χ4v) is 5.35. The van der Waals surface area contributed by atoms with Crippen LogP contribution >= 0.6 is 0 Å². The molecule has 0 heterocycles. The third kappa shape index (κ3) is 5.03. The summed E-state index contributed by atoms with van der Waals surface area (Å²) in [5.74, 6) is -21.1. The molecule has 234 valence electrons. The van der Waals surface area contributed by atoms with E-state index in [9.17, 15) is 43.9 Å². The summed E-state index contributed by atoms with van der Waals surface area (Å²) >= 11 is 0. The van der Waals surface area contributed by atoms with E-state index in [0.717, 1.165) is 0 Å². The minimum Gasteiger partial charge on any atom is -0.380 e. The maximum atomic E-state index is 14.6. The standard InChI is InChI=1S/C34H18F10N2/c35-25-19(26(36)30(40)33(43)29(25)39)13-45-21-11-9-15-5-1-3-7-17(15)23(21)24-18-8-4-2-6-16(18)10-12-22(24)46-14-20-27(37)31(41)34(44)32(42)28(20)38/h1-12,45-46H,13-14H2. The molecular weight excluding hydrogens is 626 g/mol. The average Bonchev–Trinajstić information content (AvgIpc) is 3.07. The van der Waals surface area contributed by atoms with Crippen molar-refractivity contribution >= 4 is 32.9 Å². The van der Waals surface area contributed by atoms with Crippen molar-refractivity contribution < 1.29 is 43.9 Å². The molecule has 0 aliphatic heterocycles. The molecule has 0 aromatic heterocycles. The van der Waals surface area contributed by atoms with Gasteiger partial charge in [0.05, 0.1) is 0 Å². The Labute approximate surface area is 253 Å². The number of hydrogen-bond donors (Lipinski definition) is 2. The van der Waals surface area contributed by atoms with E-state index in [1.54, 1.807) is 60.7 Å². The van der Waals surface area contributed by atoms with Gasteiger partial charge in [-0.15, -0.1) is 0 Å². The third-order valence-corrected chi connectivity index (χ3v) is 7.62. The van der Waals surface area contributed by atoms with Crippen LogP contribution in [0.2, 0.25) is 0 Å². The molecule has 0 saturated carbocycles. The lowest BCUT2D eigenvalue weighted by Gasteiger charge is -2.21. The number of nitrogens with one attached hydrogen (secondary N) is 2. The van der Waals surface area contributed by atoms with Gasteiger partial charge in [0.1, 0.15) is 0 Å². The lowest BCUT2D eigenvalue weighted by atomic mass is 9.90. The first-order chi connectivity index (χ1) is 22.0. The van der Waals surface area contributed by atoms with E-state index in [1.807, 2.05) is 0 Å². The molecule has 46 heavy (non-hydrogen) atoms. The third-order valence-electron chi connectivity index (χ3n) is 7.62. The van der Waals surface area contributed by atoms with Gasteiger partial charge in [0, 0.05) is 46.7 Å². The second-order valence-corrected chi connectivity index (χ2v) is 10.2. The Bertz CT molecular complexity index is 1970. The molecule has 0 bridgehead atoms. The molecule has 0 amide bonds. The summed E-state index contributed by atoms with van der Waals surface area (Å²) < 4.78 is 141. The fraction of sp³-hybridized carbons (Fsp3) is 0.0588. The van der Waals surface area contributed by atoms with E-state index in [0.29, 0.717) is 32.7 Å². The predicted octanol–water partition coefficient (Wildman–Crippen LogP) is 10.3. The molecule has 2 nitrogen and oxygen atoms in total. The van der Waals surface area contributed by atoms with Crippen molar-refractivity contribution in [2.75, 3.05) is 10.6 Å². The zero-order chi connectivity index (χ0) is 32.9. The first-order valence-electron chi connectivity index (χ1n) is 13.5. The van der Waals surface area contributed by atoms with Crippen molar-refractivity contribution in [3.05, 3.63) is 142 Å². The van der Waals surface area contributed by atoms with E-state index in [4.69, 9.17) is 0 Å². The summed E-state index contributed by atoms with van der Waals surface area (Å²) in [4.78, 5) is 0. The Kier molecular flexibility index (Phi) is 7.97. The molecule has 2 N–H and O–H groups in total. The van der Waals surface area contributed by atoms with Crippen molar-refractivity contribution in [1.29, 1.82) is 0 Å². The van der Waals surface area contributed by atoms with Gasteiger partial charge in [-0.25, -0.2) is 43.9 Å². The fourth-order valence-electron chi connectivity index (χ4n) is 5.35. The maximum Gasteiger partial charge on any atom is 0.200 e. The second-order valence-electron chi connectivity index (χ2n) is 10.2. The molecule has 0 radical (unpaired) electrons. The summed E-state index contributed by atoms with van der Waals surface area (Å²) in [7, 11) is 0. The molecule has 12 heteroatoms. The predicted molar refractivity (Wildman–Crippen MR) is 154 cm³/mol. The van der Waals surface area contributed by atoms with E-state index in [2.05, 4.69) is 10.6 Å². The number of halogens is 10. The number of fused-ring (bicyclic) bond motifs is 2. The van der Waals surface area contributed by atoms with Gasteiger partial charge in [0.2, 0.25) is 11.6 Å². The lowest BCUT2D eigenvalue weighted by Crippen LogP contribution is -2.12. The van der Waals surface area contributed by atoms with E-state index < -0.39 is 82.4 Å². The van der Waals surface area contributed by atoms with Gasteiger partial charge >= 0.3 is 0 Å². The van der Waals surface area contributed by atoms with Gasteiger partial charge in [0.15, 0.2) is 46.5 Å². The number of rotatable bonds is 7. The topological polar surface area (TPSA) is 24.1 Å². The van der Waals surface area contributed by atoms with Crippen LogP contribution in [-0.2, 0) is 13.1 Å². The highest BCUT2D eigenvalue weighted by atomic mass is 19.2. The van der Waals surface area contributed by atoms with E-state index >= 15 is 0 Å². The number of hydrogen-bond acceptors (Lipinski definition) is 2. The Morgan fingerprint density at radius 3 is 1.00 bits per heavy atom. The summed E-state index contributed by atoms with van der Waals surface area (Å²) in [6, 6.07) is 20.1. The molecule has 0 aliphatic rings. The van der Waals surface area contributed by atoms with Crippen molar-refractivity contribution in [2.24, 2.45) is 0 Å². The summed E-state index contributed by atoms with van der Waals surface area (Å²) in [5.41, 5.74) is -1.20. The normalized spacial score (nSPS) is 11.4. The first-order valence-corrected chi connectivity index (χ1v) is 13.5. The summed E-state index contributed by atoms with van der Waals surface area (Å²) in [6.45, 7) is -1.68. The van der Waals surface area contributed by atoms with Crippen LogP contribution in [0.3, 0.4) is 0 Å². The molecule has 0 unspecified atom stereocenters. The van der Waals surface area contributed by atoms with Crippen molar-refractivity contribution in [3.63, 3.8) is 0 Å². The van der Waals surface area contributed by atoms with Crippen molar-refractivity contribution in [2.45, 2.75) is 13.1 Å². The summed E-state index contributed by atoms with van der Waals surface area (Å²) in [5, 5.41) is 7.93. The van der Waals surface area contributed by atoms with Gasteiger partial charge in [0.25, 0.3) is 0 Å². The maximum absolute atomic E-state index is 14.6. The first kappa shape index (κ1) is 30.8. The zero-order valence-electron chi connectivity index (χ0n) is 23.1. The Balaban J connectivity index is 1.53. The molecule has 0 fully saturated rings. The van der Waals surface area contributed by atoms with Crippen LogP contribution in [0, 0.1) is 58.2 Å². The SMILES string of the molecule is Fc1c(F)c(F)c(CNc2ccc3ccccc3c2-c2c(NCc3c(F)c(F)c(F)c(F)c3F)ccc3ccccc23)c(F)c1F. The molecule has 6 rings (SSSR count). The lowest BCUT2D eigenvalue weighted by molar-refractivity contribution is 0.371. The summed E-state index contributed by atoms with van der Waals surface area (Å²) in [6.07, 6.45) is 0. The van der Waals surface area contributed by atoms with Gasteiger partial charge < -0.3 is 10.6 Å². The molecule has 0 saturated heterocycles. The molecule has 6 aromatic rings. The molecule has 0 aliphatic carbocycles.